The molecule has 4 heteroatoms. The highest BCUT2D eigenvalue weighted by molar-refractivity contribution is 5.90. The molecule has 0 aromatic heterocycles. The van der Waals surface area contributed by atoms with Crippen LogP contribution < -0.4 is 0 Å². The van der Waals surface area contributed by atoms with Gasteiger partial charge < -0.3 is 4.74 Å². The van der Waals surface area contributed by atoms with Gasteiger partial charge in [0, 0.05) is 19.0 Å². The molecule has 0 aliphatic carbocycles. The normalized spacial score (nSPS) is 11.6. The Hall–Kier alpha value is -1.58. The maximum absolute atomic E-state index is 11.1. The zero-order chi connectivity index (χ0) is 11.8. The van der Waals surface area contributed by atoms with Gasteiger partial charge in [0.15, 0.2) is 0 Å². The molecule has 0 rings (SSSR count). The molecule has 0 atom stereocenters. The molecule has 0 amide bonds. The molecule has 0 saturated heterocycles. The van der Waals surface area contributed by atoms with Crippen molar-refractivity contribution in [2.45, 2.75) is 20.3 Å². The van der Waals surface area contributed by atoms with Crippen molar-refractivity contribution in [3.63, 3.8) is 0 Å². The second-order valence-corrected chi connectivity index (χ2v) is 2.90. The van der Waals surface area contributed by atoms with Crippen LogP contribution in [0.5, 0.6) is 0 Å². The minimum atomic E-state index is -0.421. The maximum atomic E-state index is 11.1. The largest absolute Gasteiger partial charge is 0.465 e. The number of carbonyl (C=O) groups excluding carboxylic acids is 1. The Balaban J connectivity index is 4.73. The average Bonchev–Trinajstić information content (AvgIpc) is 2.24. The maximum Gasteiger partial charge on any atom is 0.337 e. The highest BCUT2D eigenvalue weighted by Gasteiger charge is 2.06. The molecule has 0 aliphatic heterocycles. The molecule has 15 heavy (non-hydrogen) atoms. The number of hydrogen-bond acceptors (Lipinski definition) is 4. The molecule has 0 saturated carbocycles. The lowest BCUT2D eigenvalue weighted by atomic mass is 10.2. The number of methoxy groups -OCH3 is 1. The second kappa shape index (κ2) is 6.81. The summed E-state index contributed by atoms with van der Waals surface area (Å²) in [6, 6.07) is 0. The fraction of sp³-hybridized carbons (Fsp3) is 0.455. The minimum Gasteiger partial charge on any atom is -0.465 e. The lowest BCUT2D eigenvalue weighted by molar-refractivity contribution is -0.135. The van der Waals surface area contributed by atoms with Gasteiger partial charge in [0.25, 0.3) is 0 Å². The van der Waals surface area contributed by atoms with Crippen LogP contribution in [0, 0.1) is 0 Å². The molecule has 84 valence electrons. The summed E-state index contributed by atoms with van der Waals surface area (Å²) in [7, 11) is 3.15. The van der Waals surface area contributed by atoms with Crippen molar-refractivity contribution >= 4 is 12.2 Å². The number of nitrogens with zero attached hydrogens (tertiary/aromatic N) is 2. The summed E-state index contributed by atoms with van der Waals surface area (Å²) in [5.41, 5.74) is 1.23. The zero-order valence-corrected chi connectivity index (χ0v) is 9.78. The number of rotatable bonds is 5. The van der Waals surface area contributed by atoms with Gasteiger partial charge >= 0.3 is 5.97 Å². The van der Waals surface area contributed by atoms with Crippen LogP contribution in [0.4, 0.5) is 0 Å². The van der Waals surface area contributed by atoms with Gasteiger partial charge in [-0.2, -0.15) is 5.10 Å². The topological polar surface area (TPSA) is 41.9 Å². The fourth-order valence-corrected chi connectivity index (χ4v) is 1.06. The van der Waals surface area contributed by atoms with E-state index in [0.717, 1.165) is 12.1 Å². The number of allylic oxidation sites excluding steroid dienone is 1. The number of esters is 1. The summed E-state index contributed by atoms with van der Waals surface area (Å²) in [4.78, 5) is 11.1. The summed E-state index contributed by atoms with van der Waals surface area (Å²) in [5, 5.41) is 5.78. The van der Waals surface area contributed by atoms with E-state index in [2.05, 4.69) is 16.4 Å². The molecular formula is C11H18N2O2. The second-order valence-electron chi connectivity index (χ2n) is 2.90. The molecule has 0 unspecified atom stereocenters. The smallest absolute Gasteiger partial charge is 0.337 e. The Morgan fingerprint density at radius 1 is 1.60 bits per heavy atom. The van der Waals surface area contributed by atoms with Gasteiger partial charge in [-0.05, 0) is 19.4 Å². The van der Waals surface area contributed by atoms with Crippen molar-refractivity contribution in [3.8, 4) is 0 Å². The summed E-state index contributed by atoms with van der Waals surface area (Å²) >= 11 is 0. The molecule has 4 nitrogen and oxygen atoms in total. The average molecular weight is 210 g/mol. The molecule has 0 aromatic carbocycles. The van der Waals surface area contributed by atoms with Crippen LogP contribution in [0.15, 0.2) is 29.0 Å². The Kier molecular flexibility index (Phi) is 6.09. The third-order valence-electron chi connectivity index (χ3n) is 1.85. The SMILES string of the molecule is C=C(/C=C(\CC)N(C)/N=C\C)C(=O)OC. The lowest BCUT2D eigenvalue weighted by Gasteiger charge is -2.15. The molecule has 0 aliphatic rings. The van der Waals surface area contributed by atoms with E-state index in [9.17, 15) is 4.79 Å². The molecule has 0 spiro atoms. The Labute approximate surface area is 90.9 Å². The first-order valence-electron chi connectivity index (χ1n) is 4.76. The van der Waals surface area contributed by atoms with Crippen LogP contribution in [0.3, 0.4) is 0 Å². The zero-order valence-electron chi connectivity index (χ0n) is 9.78. The van der Waals surface area contributed by atoms with Crippen molar-refractivity contribution in [2.75, 3.05) is 14.2 Å². The summed E-state index contributed by atoms with van der Waals surface area (Å²) in [6.45, 7) is 7.44. The minimum absolute atomic E-state index is 0.326. The molecule has 0 bridgehead atoms. The van der Waals surface area contributed by atoms with E-state index in [4.69, 9.17) is 0 Å². The van der Waals surface area contributed by atoms with E-state index in [0.29, 0.717) is 5.57 Å². The fourth-order valence-electron chi connectivity index (χ4n) is 1.06. The Morgan fingerprint density at radius 3 is 2.60 bits per heavy atom. The van der Waals surface area contributed by atoms with Crippen molar-refractivity contribution in [1.82, 2.24) is 5.01 Å². The van der Waals surface area contributed by atoms with Gasteiger partial charge in [0.2, 0.25) is 0 Å². The first-order chi connectivity index (χ1) is 7.06. The van der Waals surface area contributed by atoms with Crippen LogP contribution in [0.25, 0.3) is 0 Å². The van der Waals surface area contributed by atoms with E-state index < -0.39 is 5.97 Å². The van der Waals surface area contributed by atoms with E-state index in [-0.39, 0.29) is 0 Å². The van der Waals surface area contributed by atoms with Crippen molar-refractivity contribution in [1.29, 1.82) is 0 Å². The van der Waals surface area contributed by atoms with Crippen molar-refractivity contribution in [3.05, 3.63) is 23.9 Å². The molecule has 0 radical (unpaired) electrons. The molecule has 0 heterocycles. The molecule has 0 fully saturated rings. The third-order valence-corrected chi connectivity index (χ3v) is 1.85. The van der Waals surface area contributed by atoms with Crippen LogP contribution in [0.2, 0.25) is 0 Å². The quantitative estimate of drug-likeness (QED) is 0.229. The highest BCUT2D eigenvalue weighted by Crippen LogP contribution is 2.10. The van der Waals surface area contributed by atoms with Crippen LogP contribution in [0.1, 0.15) is 20.3 Å². The summed E-state index contributed by atoms with van der Waals surface area (Å²) in [6.07, 6.45) is 4.13. The van der Waals surface area contributed by atoms with Crippen LogP contribution >= 0.6 is 0 Å². The van der Waals surface area contributed by atoms with Gasteiger partial charge in [-0.25, -0.2) is 4.79 Å². The van der Waals surface area contributed by atoms with E-state index in [1.807, 2.05) is 20.9 Å². The Bertz CT molecular complexity index is 293. The van der Waals surface area contributed by atoms with E-state index >= 15 is 0 Å². The van der Waals surface area contributed by atoms with Gasteiger partial charge in [0.1, 0.15) is 0 Å². The summed E-state index contributed by atoms with van der Waals surface area (Å²) < 4.78 is 4.56. The first kappa shape index (κ1) is 13.4. The van der Waals surface area contributed by atoms with E-state index in [1.54, 1.807) is 17.3 Å². The van der Waals surface area contributed by atoms with Crippen LogP contribution in [-0.2, 0) is 9.53 Å². The predicted molar refractivity (Wildman–Crippen MR) is 61.5 cm³/mol. The first-order valence-corrected chi connectivity index (χ1v) is 4.76. The van der Waals surface area contributed by atoms with Gasteiger partial charge in [0.05, 0.1) is 12.7 Å². The third kappa shape index (κ3) is 4.44. The number of hydrazone groups is 1. The van der Waals surface area contributed by atoms with E-state index in [1.165, 1.54) is 7.11 Å². The van der Waals surface area contributed by atoms with Gasteiger partial charge in [-0.1, -0.05) is 13.5 Å². The van der Waals surface area contributed by atoms with Crippen molar-refractivity contribution in [2.24, 2.45) is 5.10 Å². The number of carbonyl (C=O) groups is 1. The predicted octanol–water partition coefficient (Wildman–Crippen LogP) is 1.95. The molecule has 0 aromatic rings. The number of hydrogen-bond donors (Lipinski definition) is 0. The lowest BCUT2D eigenvalue weighted by Crippen LogP contribution is -2.11. The summed E-state index contributed by atoms with van der Waals surface area (Å²) in [5.74, 6) is -0.421. The molecular weight excluding hydrogens is 192 g/mol. The van der Waals surface area contributed by atoms with Gasteiger partial charge in [-0.3, -0.25) is 5.01 Å². The Morgan fingerprint density at radius 2 is 2.20 bits per heavy atom. The van der Waals surface area contributed by atoms with Crippen molar-refractivity contribution < 1.29 is 9.53 Å². The molecule has 0 N–H and O–H groups in total. The standard InChI is InChI=1S/C11H18N2O2/c1-6-10(13(4)12-7-2)8-9(3)11(14)15-5/h7-8H,3,6H2,1-2,4-5H3/b10-8+,12-7-. The van der Waals surface area contributed by atoms with Gasteiger partial charge in [-0.15, -0.1) is 0 Å². The number of ether oxygens (including phenoxy) is 1. The highest BCUT2D eigenvalue weighted by atomic mass is 16.5. The van der Waals surface area contributed by atoms with Crippen LogP contribution in [-0.4, -0.2) is 31.4 Å². The monoisotopic (exact) mass is 210 g/mol.